The van der Waals surface area contributed by atoms with Gasteiger partial charge in [-0.2, -0.15) is 0 Å². The molecule has 0 radical (unpaired) electrons. The van der Waals surface area contributed by atoms with Crippen LogP contribution in [-0.4, -0.2) is 26.5 Å². The summed E-state index contributed by atoms with van der Waals surface area (Å²) >= 11 is 1.49. The Morgan fingerprint density at radius 1 is 1.24 bits per heavy atom. The van der Waals surface area contributed by atoms with Crippen molar-refractivity contribution in [1.82, 2.24) is 19.9 Å². The number of hydrogen-bond donors (Lipinski definition) is 1. The minimum Gasteiger partial charge on any atom is -0.492 e. The number of unbranched alkanes of at least 4 members (excludes halogenated alkanes) is 1. The minimum atomic E-state index is 0.668. The van der Waals surface area contributed by atoms with Crippen LogP contribution in [0, 0.1) is 0 Å². The molecule has 1 aromatic carbocycles. The molecule has 108 valence electrons. The Labute approximate surface area is 127 Å². The molecule has 1 N–H and O–H groups in total. The van der Waals surface area contributed by atoms with Crippen LogP contribution in [0.5, 0.6) is 5.75 Å². The van der Waals surface area contributed by atoms with Crippen LogP contribution in [0.3, 0.4) is 0 Å². The lowest BCUT2D eigenvalue weighted by Gasteiger charge is -2.09. The Balaban J connectivity index is 1.80. The highest BCUT2D eigenvalue weighted by Gasteiger charge is 2.08. The lowest BCUT2D eigenvalue weighted by Crippen LogP contribution is -1.97. The fourth-order valence-electron chi connectivity index (χ4n) is 1.85. The van der Waals surface area contributed by atoms with Gasteiger partial charge in [0.1, 0.15) is 11.3 Å². The zero-order valence-electron chi connectivity index (χ0n) is 11.7. The second-order valence-electron chi connectivity index (χ2n) is 4.54. The molecule has 5 nitrogen and oxygen atoms in total. The molecule has 0 aliphatic heterocycles. The average molecular weight is 300 g/mol. The summed E-state index contributed by atoms with van der Waals surface area (Å²) in [5, 5.41) is 0.668. The Hall–Kier alpha value is -2.08. The topological polar surface area (TPSA) is 63.7 Å². The van der Waals surface area contributed by atoms with Gasteiger partial charge in [0, 0.05) is 0 Å². The maximum Gasteiger partial charge on any atom is 0.194 e. The molecule has 3 aromatic rings. The molecule has 21 heavy (non-hydrogen) atoms. The Morgan fingerprint density at radius 2 is 2.14 bits per heavy atom. The van der Waals surface area contributed by atoms with Crippen molar-refractivity contribution < 1.29 is 4.74 Å². The summed E-state index contributed by atoms with van der Waals surface area (Å²) in [5.41, 5.74) is 1.52. The monoisotopic (exact) mass is 300 g/mol. The van der Waals surface area contributed by atoms with E-state index in [0.29, 0.717) is 10.8 Å². The first-order chi connectivity index (χ1) is 10.4. The molecule has 0 bridgehead atoms. The lowest BCUT2D eigenvalue weighted by molar-refractivity contribution is 0.302. The number of aromatic nitrogens is 4. The molecule has 2 aromatic heterocycles. The van der Waals surface area contributed by atoms with E-state index in [0.717, 1.165) is 35.6 Å². The third kappa shape index (κ3) is 3.33. The largest absolute Gasteiger partial charge is 0.492 e. The van der Waals surface area contributed by atoms with Crippen molar-refractivity contribution in [3.8, 4) is 5.75 Å². The van der Waals surface area contributed by atoms with Gasteiger partial charge in [0.25, 0.3) is 0 Å². The minimum absolute atomic E-state index is 0.668. The van der Waals surface area contributed by atoms with Crippen molar-refractivity contribution in [3.63, 3.8) is 0 Å². The number of imidazole rings is 1. The van der Waals surface area contributed by atoms with Crippen molar-refractivity contribution in [2.45, 2.75) is 29.8 Å². The number of aromatic amines is 1. The van der Waals surface area contributed by atoms with Crippen LogP contribution in [0.2, 0.25) is 0 Å². The summed E-state index contributed by atoms with van der Waals surface area (Å²) in [7, 11) is 0. The molecular formula is C15H16N4OS. The number of ether oxygens (including phenoxy) is 1. The molecule has 0 aliphatic carbocycles. The summed E-state index contributed by atoms with van der Waals surface area (Å²) < 4.78 is 5.82. The van der Waals surface area contributed by atoms with E-state index in [1.54, 1.807) is 12.5 Å². The van der Waals surface area contributed by atoms with E-state index in [9.17, 15) is 0 Å². The lowest BCUT2D eigenvalue weighted by atomic mass is 10.3. The molecule has 0 saturated heterocycles. The number of rotatable bonds is 6. The van der Waals surface area contributed by atoms with E-state index in [4.69, 9.17) is 4.74 Å². The summed E-state index contributed by atoms with van der Waals surface area (Å²) in [6.45, 7) is 2.88. The van der Waals surface area contributed by atoms with Gasteiger partial charge in [-0.3, -0.25) is 0 Å². The van der Waals surface area contributed by atoms with Gasteiger partial charge in [-0.25, -0.2) is 15.0 Å². The molecule has 0 unspecified atom stereocenters. The first-order valence-corrected chi connectivity index (χ1v) is 7.74. The van der Waals surface area contributed by atoms with Gasteiger partial charge in [-0.05, 0) is 30.3 Å². The number of benzene rings is 1. The Morgan fingerprint density at radius 3 is 3.05 bits per heavy atom. The molecule has 0 atom stereocenters. The van der Waals surface area contributed by atoms with Crippen LogP contribution in [-0.2, 0) is 0 Å². The number of H-pyrrole nitrogens is 1. The third-order valence-corrected chi connectivity index (χ3v) is 3.90. The summed E-state index contributed by atoms with van der Waals surface area (Å²) in [6, 6.07) is 7.96. The quantitative estimate of drug-likeness (QED) is 0.555. The van der Waals surface area contributed by atoms with Crippen LogP contribution >= 0.6 is 11.8 Å². The molecule has 3 rings (SSSR count). The standard InChI is InChI=1S/C15H16N4OS/c1-2-3-8-20-12-6-4-5-7-13(12)21-15-16-9-11-14(19-15)18-10-17-11/h4-7,9-10H,2-3,8H2,1H3,(H,16,17,18,19). The Bertz CT molecular complexity index is 728. The summed E-state index contributed by atoms with van der Waals surface area (Å²) in [4.78, 5) is 16.9. The maximum atomic E-state index is 5.82. The molecule has 0 aliphatic rings. The average Bonchev–Trinajstić information content (AvgIpc) is 2.97. The van der Waals surface area contributed by atoms with Gasteiger partial charge in [-0.1, -0.05) is 25.5 Å². The highest BCUT2D eigenvalue weighted by molar-refractivity contribution is 7.99. The third-order valence-electron chi connectivity index (χ3n) is 2.96. The highest BCUT2D eigenvalue weighted by atomic mass is 32.2. The number of nitrogens with zero attached hydrogens (tertiary/aromatic N) is 3. The molecule has 2 heterocycles. The van der Waals surface area contributed by atoms with Crippen LogP contribution in [0.1, 0.15) is 19.8 Å². The van der Waals surface area contributed by atoms with Gasteiger partial charge in [0.05, 0.1) is 24.0 Å². The van der Waals surface area contributed by atoms with Crippen molar-refractivity contribution in [2.24, 2.45) is 0 Å². The fourth-order valence-corrected chi connectivity index (χ4v) is 2.66. The van der Waals surface area contributed by atoms with Gasteiger partial charge in [0.15, 0.2) is 10.8 Å². The van der Waals surface area contributed by atoms with E-state index >= 15 is 0 Å². The van der Waals surface area contributed by atoms with Crippen LogP contribution < -0.4 is 4.74 Å². The smallest absolute Gasteiger partial charge is 0.194 e. The number of fused-ring (bicyclic) bond motifs is 1. The highest BCUT2D eigenvalue weighted by Crippen LogP contribution is 2.33. The zero-order valence-corrected chi connectivity index (χ0v) is 12.6. The number of nitrogens with one attached hydrogen (secondary N) is 1. The first-order valence-electron chi connectivity index (χ1n) is 6.92. The molecular weight excluding hydrogens is 284 g/mol. The van der Waals surface area contributed by atoms with Crippen molar-refractivity contribution >= 4 is 22.9 Å². The second-order valence-corrected chi connectivity index (χ2v) is 5.55. The summed E-state index contributed by atoms with van der Waals surface area (Å²) in [6.07, 6.45) is 5.54. The van der Waals surface area contributed by atoms with E-state index in [1.165, 1.54) is 11.8 Å². The van der Waals surface area contributed by atoms with Crippen LogP contribution in [0.15, 0.2) is 46.8 Å². The predicted octanol–water partition coefficient (Wildman–Crippen LogP) is 3.68. The predicted molar refractivity (Wildman–Crippen MR) is 82.7 cm³/mol. The van der Waals surface area contributed by atoms with E-state index < -0.39 is 0 Å². The second kappa shape index (κ2) is 6.58. The van der Waals surface area contributed by atoms with Gasteiger partial charge < -0.3 is 9.72 Å². The Kier molecular flexibility index (Phi) is 4.35. The van der Waals surface area contributed by atoms with Crippen molar-refractivity contribution in [2.75, 3.05) is 6.61 Å². The summed E-state index contributed by atoms with van der Waals surface area (Å²) in [5.74, 6) is 0.877. The zero-order chi connectivity index (χ0) is 14.5. The van der Waals surface area contributed by atoms with Crippen LogP contribution in [0.4, 0.5) is 0 Å². The van der Waals surface area contributed by atoms with E-state index in [-0.39, 0.29) is 0 Å². The molecule has 0 amide bonds. The van der Waals surface area contributed by atoms with Gasteiger partial charge >= 0.3 is 0 Å². The van der Waals surface area contributed by atoms with Gasteiger partial charge in [-0.15, -0.1) is 0 Å². The molecule has 0 spiro atoms. The number of hydrogen-bond acceptors (Lipinski definition) is 5. The van der Waals surface area contributed by atoms with Gasteiger partial charge in [0.2, 0.25) is 0 Å². The van der Waals surface area contributed by atoms with Crippen LogP contribution in [0.25, 0.3) is 11.2 Å². The molecule has 0 saturated carbocycles. The molecule has 6 heteroatoms. The van der Waals surface area contributed by atoms with Crippen molar-refractivity contribution in [1.29, 1.82) is 0 Å². The maximum absolute atomic E-state index is 5.82. The number of para-hydroxylation sites is 1. The molecule has 0 fully saturated rings. The SMILES string of the molecule is CCCCOc1ccccc1Sc1ncc2[nH]cnc2n1. The normalized spacial score (nSPS) is 10.9. The van der Waals surface area contributed by atoms with E-state index in [1.807, 2.05) is 24.3 Å². The first kappa shape index (κ1) is 13.9. The van der Waals surface area contributed by atoms with Crippen molar-refractivity contribution in [3.05, 3.63) is 36.8 Å². The fraction of sp³-hybridized carbons (Fsp3) is 0.267. The van der Waals surface area contributed by atoms with E-state index in [2.05, 4.69) is 26.9 Å².